The summed E-state index contributed by atoms with van der Waals surface area (Å²) in [6.45, 7) is 4.07. The number of aromatic nitrogens is 1. The van der Waals surface area contributed by atoms with Crippen LogP contribution in [0.4, 0.5) is 10.8 Å². The van der Waals surface area contributed by atoms with Crippen LogP contribution in [0, 0.1) is 13.8 Å². The average Bonchev–Trinajstić information content (AvgIpc) is 3.37. The SMILES string of the molecule is Cc1ccnc(N[C@H](c2ccccc2)c2cc(C)sc2NC(=O)c2ccco2)c1. The summed E-state index contributed by atoms with van der Waals surface area (Å²) in [6, 6.07) is 19.4. The Morgan fingerprint density at radius 2 is 1.90 bits per heavy atom. The van der Waals surface area contributed by atoms with E-state index in [0.717, 1.165) is 32.4 Å². The third kappa shape index (κ3) is 4.38. The van der Waals surface area contributed by atoms with Gasteiger partial charge in [-0.3, -0.25) is 4.79 Å². The first-order chi connectivity index (χ1) is 14.1. The number of benzene rings is 1. The molecule has 0 radical (unpaired) electrons. The van der Waals surface area contributed by atoms with E-state index in [1.807, 2.05) is 44.2 Å². The molecular weight excluding hydrogens is 382 g/mol. The monoisotopic (exact) mass is 403 g/mol. The highest BCUT2D eigenvalue weighted by Gasteiger charge is 2.22. The largest absolute Gasteiger partial charge is 0.459 e. The van der Waals surface area contributed by atoms with Gasteiger partial charge in [-0.1, -0.05) is 30.3 Å². The Morgan fingerprint density at radius 3 is 2.62 bits per heavy atom. The predicted octanol–water partition coefficient (Wildman–Crippen LogP) is 5.81. The van der Waals surface area contributed by atoms with Crippen molar-refractivity contribution >= 4 is 28.1 Å². The van der Waals surface area contributed by atoms with Crippen molar-refractivity contribution in [1.82, 2.24) is 4.98 Å². The van der Waals surface area contributed by atoms with E-state index in [2.05, 4.69) is 33.8 Å². The number of rotatable bonds is 6. The Balaban J connectivity index is 1.72. The number of nitrogens with zero attached hydrogens (tertiary/aromatic N) is 1. The Labute approximate surface area is 173 Å². The first kappa shape index (κ1) is 19.0. The second kappa shape index (κ2) is 8.32. The standard InChI is InChI=1S/C23H21N3O2S/c1-15-10-11-24-20(13-15)25-21(17-7-4-3-5-8-17)18-14-16(2)29-23(18)26-22(27)19-9-6-12-28-19/h3-14,21H,1-2H3,(H,24,25)(H,26,27)/t21-/m1/s1. The van der Waals surface area contributed by atoms with Crippen LogP contribution in [-0.2, 0) is 0 Å². The molecule has 1 aromatic carbocycles. The fourth-order valence-corrected chi connectivity index (χ4v) is 4.11. The average molecular weight is 404 g/mol. The van der Waals surface area contributed by atoms with Crippen molar-refractivity contribution in [1.29, 1.82) is 0 Å². The van der Waals surface area contributed by atoms with Crippen LogP contribution in [-0.4, -0.2) is 10.9 Å². The second-order valence-corrected chi connectivity index (χ2v) is 8.04. The van der Waals surface area contributed by atoms with Gasteiger partial charge >= 0.3 is 0 Å². The summed E-state index contributed by atoms with van der Waals surface area (Å²) in [5.41, 5.74) is 3.20. The molecule has 3 heterocycles. The maximum Gasteiger partial charge on any atom is 0.291 e. The van der Waals surface area contributed by atoms with E-state index in [9.17, 15) is 4.79 Å². The van der Waals surface area contributed by atoms with Gasteiger partial charge in [-0.2, -0.15) is 0 Å². The van der Waals surface area contributed by atoms with Crippen LogP contribution in [0.1, 0.15) is 38.2 Å². The molecule has 4 rings (SSSR count). The number of thiophene rings is 1. The third-order valence-electron chi connectivity index (χ3n) is 4.51. The van der Waals surface area contributed by atoms with E-state index >= 15 is 0 Å². The van der Waals surface area contributed by atoms with Crippen LogP contribution in [0.3, 0.4) is 0 Å². The number of hydrogen-bond acceptors (Lipinski definition) is 5. The summed E-state index contributed by atoms with van der Waals surface area (Å²) < 4.78 is 5.24. The lowest BCUT2D eigenvalue weighted by molar-refractivity contribution is 0.0997. The molecule has 0 aliphatic carbocycles. The van der Waals surface area contributed by atoms with E-state index in [-0.39, 0.29) is 17.7 Å². The Morgan fingerprint density at radius 1 is 1.07 bits per heavy atom. The molecule has 0 bridgehead atoms. The highest BCUT2D eigenvalue weighted by molar-refractivity contribution is 7.16. The maximum atomic E-state index is 12.6. The molecule has 5 nitrogen and oxygen atoms in total. The Bertz CT molecular complexity index is 1100. The molecule has 1 amide bonds. The van der Waals surface area contributed by atoms with Gasteiger partial charge in [0.1, 0.15) is 10.8 Å². The first-order valence-electron chi connectivity index (χ1n) is 9.29. The second-order valence-electron chi connectivity index (χ2n) is 6.78. The molecule has 0 aliphatic rings. The Hall–Kier alpha value is -3.38. The number of amides is 1. The van der Waals surface area contributed by atoms with Crippen molar-refractivity contribution in [3.8, 4) is 0 Å². The van der Waals surface area contributed by atoms with Crippen molar-refractivity contribution in [2.45, 2.75) is 19.9 Å². The van der Waals surface area contributed by atoms with E-state index in [1.165, 1.54) is 6.26 Å². The number of pyridine rings is 1. The molecule has 2 N–H and O–H groups in total. The van der Waals surface area contributed by atoms with Gasteiger partial charge in [-0.25, -0.2) is 4.98 Å². The first-order valence-corrected chi connectivity index (χ1v) is 10.1. The van der Waals surface area contributed by atoms with Crippen LogP contribution in [0.25, 0.3) is 0 Å². The van der Waals surface area contributed by atoms with Gasteiger partial charge in [0, 0.05) is 16.6 Å². The number of carbonyl (C=O) groups is 1. The highest BCUT2D eigenvalue weighted by Crippen LogP contribution is 2.37. The molecule has 29 heavy (non-hydrogen) atoms. The number of nitrogens with one attached hydrogen (secondary N) is 2. The number of anilines is 2. The lowest BCUT2D eigenvalue weighted by Crippen LogP contribution is -2.16. The summed E-state index contributed by atoms with van der Waals surface area (Å²) >= 11 is 1.54. The van der Waals surface area contributed by atoms with Crippen LogP contribution >= 0.6 is 11.3 Å². The fraction of sp³-hybridized carbons (Fsp3) is 0.130. The zero-order valence-electron chi connectivity index (χ0n) is 16.2. The predicted molar refractivity (Wildman–Crippen MR) is 117 cm³/mol. The van der Waals surface area contributed by atoms with Gasteiger partial charge in [0.05, 0.1) is 12.3 Å². The molecule has 4 aromatic rings. The summed E-state index contributed by atoms with van der Waals surface area (Å²) in [5, 5.41) is 7.33. The molecule has 0 saturated heterocycles. The zero-order chi connectivity index (χ0) is 20.2. The van der Waals surface area contributed by atoms with Crippen molar-refractivity contribution in [3.05, 3.63) is 100 Å². The van der Waals surface area contributed by atoms with Gasteiger partial charge in [-0.15, -0.1) is 11.3 Å². The van der Waals surface area contributed by atoms with E-state index in [1.54, 1.807) is 29.7 Å². The number of aryl methyl sites for hydroxylation is 2. The van der Waals surface area contributed by atoms with Crippen LogP contribution in [0.5, 0.6) is 0 Å². The van der Waals surface area contributed by atoms with Gasteiger partial charge in [0.15, 0.2) is 5.76 Å². The summed E-state index contributed by atoms with van der Waals surface area (Å²) in [5.74, 6) is 0.802. The van der Waals surface area contributed by atoms with E-state index < -0.39 is 0 Å². The maximum absolute atomic E-state index is 12.6. The van der Waals surface area contributed by atoms with E-state index in [4.69, 9.17) is 4.42 Å². The molecule has 1 atom stereocenters. The highest BCUT2D eigenvalue weighted by atomic mass is 32.1. The normalized spacial score (nSPS) is 11.8. The van der Waals surface area contributed by atoms with Gasteiger partial charge in [-0.05, 0) is 55.3 Å². The fourth-order valence-electron chi connectivity index (χ4n) is 3.17. The smallest absolute Gasteiger partial charge is 0.291 e. The third-order valence-corrected chi connectivity index (χ3v) is 5.49. The minimum atomic E-state index is -0.265. The number of hydrogen-bond donors (Lipinski definition) is 2. The minimum absolute atomic E-state index is 0.164. The number of furan rings is 1. The van der Waals surface area contributed by atoms with Crippen molar-refractivity contribution < 1.29 is 9.21 Å². The lowest BCUT2D eigenvalue weighted by Gasteiger charge is -2.21. The van der Waals surface area contributed by atoms with Crippen molar-refractivity contribution in [2.24, 2.45) is 0 Å². The molecule has 0 spiro atoms. The molecule has 0 fully saturated rings. The summed E-state index contributed by atoms with van der Waals surface area (Å²) in [7, 11) is 0. The molecule has 0 aliphatic heterocycles. The molecule has 0 saturated carbocycles. The van der Waals surface area contributed by atoms with Crippen LogP contribution in [0.2, 0.25) is 0 Å². The summed E-state index contributed by atoms with van der Waals surface area (Å²) in [4.78, 5) is 18.1. The molecule has 6 heteroatoms. The number of carbonyl (C=O) groups excluding carboxylic acids is 1. The van der Waals surface area contributed by atoms with Gasteiger partial charge in [0.25, 0.3) is 5.91 Å². The van der Waals surface area contributed by atoms with Crippen LogP contribution < -0.4 is 10.6 Å². The summed E-state index contributed by atoms with van der Waals surface area (Å²) in [6.07, 6.45) is 3.28. The minimum Gasteiger partial charge on any atom is -0.459 e. The quantitative estimate of drug-likeness (QED) is 0.426. The molecule has 3 aromatic heterocycles. The topological polar surface area (TPSA) is 67.2 Å². The van der Waals surface area contributed by atoms with Gasteiger partial charge in [0.2, 0.25) is 0 Å². The van der Waals surface area contributed by atoms with Gasteiger partial charge < -0.3 is 15.1 Å². The van der Waals surface area contributed by atoms with Crippen molar-refractivity contribution in [2.75, 3.05) is 10.6 Å². The zero-order valence-corrected chi connectivity index (χ0v) is 17.0. The molecule has 0 unspecified atom stereocenters. The molecule has 146 valence electrons. The van der Waals surface area contributed by atoms with Crippen molar-refractivity contribution in [3.63, 3.8) is 0 Å². The van der Waals surface area contributed by atoms with E-state index in [0.29, 0.717) is 0 Å². The van der Waals surface area contributed by atoms with Crippen LogP contribution in [0.15, 0.2) is 77.5 Å². The lowest BCUT2D eigenvalue weighted by atomic mass is 10.00. The molecular formula is C23H21N3O2S. The Kier molecular flexibility index (Phi) is 5.44.